The van der Waals surface area contributed by atoms with Gasteiger partial charge in [0.25, 0.3) is 5.91 Å². The number of benzene rings is 2. The summed E-state index contributed by atoms with van der Waals surface area (Å²) < 4.78 is 17.9. The molecule has 0 aliphatic heterocycles. The van der Waals surface area contributed by atoms with Gasteiger partial charge in [-0.05, 0) is 37.6 Å². The van der Waals surface area contributed by atoms with Crippen molar-refractivity contribution < 1.29 is 23.5 Å². The third kappa shape index (κ3) is 5.24. The second-order valence-electron chi connectivity index (χ2n) is 5.60. The van der Waals surface area contributed by atoms with Crippen molar-refractivity contribution in [1.82, 2.24) is 5.32 Å². The molecule has 0 saturated heterocycles. The maximum absolute atomic E-state index is 13.0. The lowest BCUT2D eigenvalue weighted by Gasteiger charge is -2.08. The van der Waals surface area contributed by atoms with Gasteiger partial charge in [0, 0.05) is 11.1 Å². The third-order valence-corrected chi connectivity index (χ3v) is 3.53. The quantitative estimate of drug-likeness (QED) is 0.646. The van der Waals surface area contributed by atoms with E-state index in [-0.39, 0.29) is 11.3 Å². The number of Topliss-reactive ketones (excluding diaryl/α,β-unsaturated/α-hetero) is 1. The van der Waals surface area contributed by atoms with E-state index in [1.165, 1.54) is 18.2 Å². The van der Waals surface area contributed by atoms with E-state index in [1.807, 2.05) is 13.0 Å². The van der Waals surface area contributed by atoms with Crippen LogP contribution in [0.25, 0.3) is 0 Å². The van der Waals surface area contributed by atoms with Gasteiger partial charge in [-0.15, -0.1) is 0 Å². The Balaban J connectivity index is 1.82. The predicted molar refractivity (Wildman–Crippen MR) is 89.9 cm³/mol. The van der Waals surface area contributed by atoms with Crippen molar-refractivity contribution >= 4 is 17.7 Å². The number of hydrogen-bond acceptors (Lipinski definition) is 4. The maximum Gasteiger partial charge on any atom is 0.325 e. The van der Waals surface area contributed by atoms with E-state index < -0.39 is 30.8 Å². The smallest absolute Gasteiger partial charge is 0.325 e. The van der Waals surface area contributed by atoms with Crippen LogP contribution in [0.5, 0.6) is 0 Å². The minimum atomic E-state index is -0.747. The number of nitrogens with one attached hydrogen (secondary N) is 1. The normalized spacial score (nSPS) is 10.2. The van der Waals surface area contributed by atoms with Gasteiger partial charge in [-0.25, -0.2) is 4.39 Å². The number of amides is 1. The first-order chi connectivity index (χ1) is 11.9. The van der Waals surface area contributed by atoms with Crippen LogP contribution in [-0.4, -0.2) is 30.8 Å². The summed E-state index contributed by atoms with van der Waals surface area (Å²) in [6, 6.07) is 10.5. The molecule has 0 spiro atoms. The van der Waals surface area contributed by atoms with Crippen LogP contribution in [0.2, 0.25) is 0 Å². The summed E-state index contributed by atoms with van der Waals surface area (Å²) in [5, 5.41) is 2.32. The first kappa shape index (κ1) is 18.3. The Kier molecular flexibility index (Phi) is 6.00. The Hall–Kier alpha value is -3.02. The molecule has 2 rings (SSSR count). The molecule has 0 aliphatic rings. The highest BCUT2D eigenvalue weighted by molar-refractivity contribution is 5.99. The van der Waals surface area contributed by atoms with Crippen LogP contribution < -0.4 is 5.32 Å². The summed E-state index contributed by atoms with van der Waals surface area (Å²) in [5.74, 6) is -2.21. The zero-order valence-electron chi connectivity index (χ0n) is 14.0. The molecule has 0 unspecified atom stereocenters. The molecule has 5 nitrogen and oxygen atoms in total. The van der Waals surface area contributed by atoms with E-state index in [0.29, 0.717) is 5.56 Å². The minimum Gasteiger partial charge on any atom is -0.456 e. The predicted octanol–water partition coefficient (Wildman–Crippen LogP) is 2.60. The summed E-state index contributed by atoms with van der Waals surface area (Å²) in [7, 11) is 0. The van der Waals surface area contributed by atoms with Crippen LogP contribution in [0.3, 0.4) is 0 Å². The fourth-order valence-electron chi connectivity index (χ4n) is 2.29. The van der Waals surface area contributed by atoms with E-state index in [9.17, 15) is 18.8 Å². The maximum atomic E-state index is 13.0. The number of halogens is 1. The summed E-state index contributed by atoms with van der Waals surface area (Å²) in [6.45, 7) is 2.91. The van der Waals surface area contributed by atoms with Crippen molar-refractivity contribution in [2.75, 3.05) is 13.2 Å². The van der Waals surface area contributed by atoms with Gasteiger partial charge >= 0.3 is 5.97 Å². The second kappa shape index (κ2) is 8.19. The van der Waals surface area contributed by atoms with Crippen LogP contribution in [0.1, 0.15) is 31.8 Å². The highest BCUT2D eigenvalue weighted by Crippen LogP contribution is 2.11. The fourth-order valence-corrected chi connectivity index (χ4v) is 2.29. The molecule has 2 aromatic carbocycles. The van der Waals surface area contributed by atoms with Crippen LogP contribution in [-0.2, 0) is 9.53 Å². The first-order valence-electron chi connectivity index (χ1n) is 7.66. The summed E-state index contributed by atoms with van der Waals surface area (Å²) in [4.78, 5) is 35.5. The Bertz CT molecular complexity index is 817. The molecule has 0 aromatic heterocycles. The van der Waals surface area contributed by atoms with E-state index in [0.717, 1.165) is 17.2 Å². The van der Waals surface area contributed by atoms with Crippen molar-refractivity contribution in [1.29, 1.82) is 0 Å². The van der Waals surface area contributed by atoms with E-state index in [2.05, 4.69) is 5.32 Å². The highest BCUT2D eigenvalue weighted by atomic mass is 19.1. The molecule has 0 atom stereocenters. The molecule has 6 heteroatoms. The van der Waals surface area contributed by atoms with Crippen molar-refractivity contribution in [3.05, 3.63) is 70.5 Å². The third-order valence-electron chi connectivity index (χ3n) is 3.53. The second-order valence-corrected chi connectivity index (χ2v) is 5.60. The van der Waals surface area contributed by atoms with E-state index >= 15 is 0 Å². The van der Waals surface area contributed by atoms with Gasteiger partial charge in [0.05, 0.1) is 0 Å². The number of esters is 1. The molecule has 0 bridgehead atoms. The molecule has 1 amide bonds. The standard InChI is InChI=1S/C19H18FNO4/c1-12-6-7-16(13(2)8-12)17(22)11-25-18(23)10-21-19(24)14-4-3-5-15(20)9-14/h3-9H,10-11H2,1-2H3,(H,21,24). The molecule has 1 N–H and O–H groups in total. The zero-order chi connectivity index (χ0) is 18.4. The molecule has 0 saturated carbocycles. The minimum absolute atomic E-state index is 0.0964. The van der Waals surface area contributed by atoms with Crippen LogP contribution >= 0.6 is 0 Å². The van der Waals surface area contributed by atoms with Crippen molar-refractivity contribution in [3.8, 4) is 0 Å². The number of carbonyl (C=O) groups excluding carboxylic acids is 3. The molecule has 0 aliphatic carbocycles. The number of ketones is 1. The van der Waals surface area contributed by atoms with Crippen molar-refractivity contribution in [3.63, 3.8) is 0 Å². The van der Waals surface area contributed by atoms with Crippen LogP contribution in [0.15, 0.2) is 42.5 Å². The molecule has 130 valence electrons. The number of hydrogen-bond donors (Lipinski definition) is 1. The molecule has 0 fully saturated rings. The average Bonchev–Trinajstić information content (AvgIpc) is 2.57. The largest absolute Gasteiger partial charge is 0.456 e. The number of aryl methyl sites for hydroxylation is 2. The molecule has 2 aromatic rings. The highest BCUT2D eigenvalue weighted by Gasteiger charge is 2.13. The number of rotatable bonds is 6. The number of ether oxygens (including phenoxy) is 1. The Morgan fingerprint density at radius 2 is 1.84 bits per heavy atom. The fraction of sp³-hybridized carbons (Fsp3) is 0.211. The lowest BCUT2D eigenvalue weighted by Crippen LogP contribution is -2.31. The van der Waals surface area contributed by atoms with Gasteiger partial charge in [-0.1, -0.05) is 29.8 Å². The zero-order valence-corrected chi connectivity index (χ0v) is 14.0. The van der Waals surface area contributed by atoms with Crippen molar-refractivity contribution in [2.45, 2.75) is 13.8 Å². The molecule has 25 heavy (non-hydrogen) atoms. The topological polar surface area (TPSA) is 72.5 Å². The van der Waals surface area contributed by atoms with Crippen molar-refractivity contribution in [2.24, 2.45) is 0 Å². The summed E-state index contributed by atoms with van der Waals surface area (Å²) in [6.07, 6.45) is 0. The lowest BCUT2D eigenvalue weighted by molar-refractivity contribution is -0.141. The van der Waals surface area contributed by atoms with E-state index in [1.54, 1.807) is 19.1 Å². The van der Waals surface area contributed by atoms with Gasteiger partial charge in [0.2, 0.25) is 5.78 Å². The Morgan fingerprint density at radius 1 is 1.08 bits per heavy atom. The SMILES string of the molecule is Cc1ccc(C(=O)COC(=O)CNC(=O)c2cccc(F)c2)c(C)c1. The van der Waals surface area contributed by atoms with Gasteiger partial charge in [-0.2, -0.15) is 0 Å². The molecular formula is C19H18FNO4. The average molecular weight is 343 g/mol. The first-order valence-corrected chi connectivity index (χ1v) is 7.66. The molecule has 0 radical (unpaired) electrons. The Labute approximate surface area is 144 Å². The molecular weight excluding hydrogens is 325 g/mol. The van der Waals surface area contributed by atoms with Gasteiger partial charge in [-0.3, -0.25) is 14.4 Å². The van der Waals surface area contributed by atoms with E-state index in [4.69, 9.17) is 4.74 Å². The molecule has 0 heterocycles. The monoisotopic (exact) mass is 343 g/mol. The van der Waals surface area contributed by atoms with Gasteiger partial charge in [0.1, 0.15) is 12.4 Å². The van der Waals surface area contributed by atoms with Crippen LogP contribution in [0.4, 0.5) is 4.39 Å². The number of carbonyl (C=O) groups is 3. The van der Waals surface area contributed by atoms with Crippen LogP contribution in [0, 0.1) is 19.7 Å². The Morgan fingerprint density at radius 3 is 2.52 bits per heavy atom. The lowest BCUT2D eigenvalue weighted by atomic mass is 10.0. The van der Waals surface area contributed by atoms with Gasteiger partial charge < -0.3 is 10.1 Å². The van der Waals surface area contributed by atoms with Gasteiger partial charge in [0.15, 0.2) is 6.61 Å². The summed E-state index contributed by atoms with van der Waals surface area (Å²) >= 11 is 0. The summed E-state index contributed by atoms with van der Waals surface area (Å²) in [5.41, 5.74) is 2.42.